The van der Waals surface area contributed by atoms with E-state index in [-0.39, 0.29) is 17.4 Å². The number of hydrogen-bond donors (Lipinski definition) is 1. The van der Waals surface area contributed by atoms with E-state index in [1.54, 1.807) is 12.1 Å². The number of nitro benzene ring substituents is 1. The van der Waals surface area contributed by atoms with E-state index in [9.17, 15) is 27.9 Å². The zero-order valence-corrected chi connectivity index (χ0v) is 15.3. The van der Waals surface area contributed by atoms with Crippen molar-refractivity contribution in [3.63, 3.8) is 0 Å². The van der Waals surface area contributed by atoms with Crippen LogP contribution in [0.4, 0.5) is 5.69 Å². The van der Waals surface area contributed by atoms with Crippen molar-refractivity contribution in [3.05, 3.63) is 46.0 Å². The first-order valence-electron chi connectivity index (χ1n) is 8.48. The molecule has 7 nitrogen and oxygen atoms in total. The van der Waals surface area contributed by atoms with Gasteiger partial charge in [0.25, 0.3) is 0 Å². The van der Waals surface area contributed by atoms with E-state index in [2.05, 4.69) is 6.92 Å². The second-order valence-electron chi connectivity index (χ2n) is 6.14. The molecule has 8 heteroatoms. The van der Waals surface area contributed by atoms with Gasteiger partial charge < -0.3 is 0 Å². The molecule has 0 saturated carbocycles. The lowest BCUT2D eigenvalue weighted by atomic mass is 9.98. The average Bonchev–Trinajstić information content (AvgIpc) is 2.58. The molecule has 140 valence electrons. The first-order valence-corrected chi connectivity index (χ1v) is 9.92. The number of Topliss-reactive ketones (excluding diaryl/α,β-unsaturated/α-hetero) is 1. The largest absolute Gasteiger partial charge is 0.302 e. The van der Waals surface area contributed by atoms with Gasteiger partial charge in [0.1, 0.15) is 0 Å². The van der Waals surface area contributed by atoms with Crippen LogP contribution in [0.3, 0.4) is 0 Å². The number of hydrogen-bond acceptors (Lipinski definition) is 5. The first kappa shape index (κ1) is 20.0. The lowest BCUT2D eigenvalue weighted by Crippen LogP contribution is -2.11. The summed E-state index contributed by atoms with van der Waals surface area (Å²) < 4.78 is 33.2. The van der Waals surface area contributed by atoms with Gasteiger partial charge in [-0.25, -0.2) is 0 Å². The summed E-state index contributed by atoms with van der Waals surface area (Å²) in [5.74, 6) is -0.496. The van der Waals surface area contributed by atoms with Crippen molar-refractivity contribution in [2.75, 3.05) is 0 Å². The Morgan fingerprint density at radius 1 is 1.15 bits per heavy atom. The van der Waals surface area contributed by atoms with Crippen LogP contribution in [0.2, 0.25) is 0 Å². The predicted octanol–water partition coefficient (Wildman–Crippen LogP) is 4.54. The van der Waals surface area contributed by atoms with E-state index < -0.39 is 31.4 Å². The number of ketones is 1. The van der Waals surface area contributed by atoms with Crippen molar-refractivity contribution < 1.29 is 22.7 Å². The summed E-state index contributed by atoms with van der Waals surface area (Å²) in [5.41, 5.74) is -1.14. The minimum absolute atomic E-state index is 0.0150. The van der Waals surface area contributed by atoms with Gasteiger partial charge in [-0.2, -0.15) is 8.42 Å². The van der Waals surface area contributed by atoms with Gasteiger partial charge >= 0.3 is 15.8 Å². The Morgan fingerprint density at radius 2 is 1.81 bits per heavy atom. The van der Waals surface area contributed by atoms with E-state index in [0.717, 1.165) is 25.7 Å². The Kier molecular flexibility index (Phi) is 6.44. The highest BCUT2D eigenvalue weighted by molar-refractivity contribution is 7.86. The highest BCUT2D eigenvalue weighted by atomic mass is 32.2. The molecule has 0 spiro atoms. The SMILES string of the molecule is CCCCCCCC(=O)c1cc2ccccc2c(S(=O)(=O)O)c1[N+](=O)[O-]. The molecule has 26 heavy (non-hydrogen) atoms. The number of nitrogens with zero attached hydrogens (tertiary/aromatic N) is 1. The fourth-order valence-corrected chi connectivity index (χ4v) is 3.87. The molecular weight excluding hydrogens is 358 g/mol. The molecule has 0 saturated heterocycles. The quantitative estimate of drug-likeness (QED) is 0.225. The minimum atomic E-state index is -4.89. The molecule has 0 radical (unpaired) electrons. The second-order valence-corrected chi connectivity index (χ2v) is 7.50. The van der Waals surface area contributed by atoms with Crippen LogP contribution in [-0.2, 0) is 10.1 Å². The number of rotatable bonds is 9. The number of carbonyl (C=O) groups excluding carboxylic acids is 1. The fourth-order valence-electron chi connectivity index (χ4n) is 2.98. The van der Waals surface area contributed by atoms with Crippen LogP contribution in [0.5, 0.6) is 0 Å². The van der Waals surface area contributed by atoms with Crippen molar-refractivity contribution >= 4 is 32.4 Å². The maximum Gasteiger partial charge on any atom is 0.302 e. The molecule has 0 bridgehead atoms. The van der Waals surface area contributed by atoms with Crippen LogP contribution >= 0.6 is 0 Å². The fraction of sp³-hybridized carbons (Fsp3) is 0.389. The number of carbonyl (C=O) groups is 1. The summed E-state index contributed by atoms with van der Waals surface area (Å²) in [6, 6.07) is 7.38. The van der Waals surface area contributed by atoms with Crippen LogP contribution in [0.25, 0.3) is 10.8 Å². The van der Waals surface area contributed by atoms with Crippen LogP contribution in [-0.4, -0.2) is 23.7 Å². The Morgan fingerprint density at radius 3 is 2.42 bits per heavy atom. The Balaban J connectivity index is 2.54. The van der Waals surface area contributed by atoms with Gasteiger partial charge in [0, 0.05) is 11.8 Å². The highest BCUT2D eigenvalue weighted by Gasteiger charge is 2.33. The molecule has 0 aliphatic carbocycles. The molecule has 0 heterocycles. The summed E-state index contributed by atoms with van der Waals surface area (Å²) in [6.07, 6.45) is 4.57. The number of benzene rings is 2. The summed E-state index contributed by atoms with van der Waals surface area (Å²) >= 11 is 0. The van der Waals surface area contributed by atoms with Crippen molar-refractivity contribution in [1.29, 1.82) is 0 Å². The summed E-state index contributed by atoms with van der Waals surface area (Å²) in [4.78, 5) is 22.3. The van der Waals surface area contributed by atoms with Gasteiger partial charge in [-0.1, -0.05) is 56.9 Å². The van der Waals surface area contributed by atoms with Crippen LogP contribution in [0, 0.1) is 10.1 Å². The monoisotopic (exact) mass is 379 g/mol. The van der Waals surface area contributed by atoms with Gasteiger partial charge in [-0.05, 0) is 17.9 Å². The molecule has 0 atom stereocenters. The second kappa shape index (κ2) is 8.37. The van der Waals surface area contributed by atoms with Crippen LogP contribution in [0.15, 0.2) is 35.2 Å². The van der Waals surface area contributed by atoms with Crippen molar-refractivity contribution in [2.24, 2.45) is 0 Å². The average molecular weight is 379 g/mol. The van der Waals surface area contributed by atoms with Crippen molar-refractivity contribution in [1.82, 2.24) is 0 Å². The normalized spacial score (nSPS) is 11.6. The standard InChI is InChI=1S/C18H21NO6S/c1-2-3-4-5-6-11-16(20)15-12-13-9-7-8-10-14(13)18(26(23,24)25)17(15)19(21)22/h7-10,12H,2-6,11H2,1H3,(H,23,24,25). The smallest absolute Gasteiger partial charge is 0.294 e. The van der Waals surface area contributed by atoms with Gasteiger partial charge in [0.05, 0.1) is 10.5 Å². The van der Waals surface area contributed by atoms with E-state index in [1.807, 2.05) is 0 Å². The zero-order valence-electron chi connectivity index (χ0n) is 14.5. The van der Waals surface area contributed by atoms with Crippen molar-refractivity contribution in [2.45, 2.75) is 50.3 Å². The lowest BCUT2D eigenvalue weighted by Gasteiger charge is -2.10. The molecule has 0 aliphatic rings. The van der Waals surface area contributed by atoms with Crippen LogP contribution in [0.1, 0.15) is 55.8 Å². The molecule has 2 rings (SSSR count). The predicted molar refractivity (Wildman–Crippen MR) is 98.1 cm³/mol. The molecule has 1 N–H and O–H groups in total. The summed E-state index contributed by atoms with van der Waals surface area (Å²) in [6.45, 7) is 2.07. The molecule has 0 aromatic heterocycles. The van der Waals surface area contributed by atoms with E-state index in [0.29, 0.717) is 11.8 Å². The van der Waals surface area contributed by atoms with Gasteiger partial charge in [0.15, 0.2) is 10.7 Å². The third kappa shape index (κ3) is 4.44. The maximum absolute atomic E-state index is 12.5. The van der Waals surface area contributed by atoms with Gasteiger partial charge in [-0.3, -0.25) is 19.5 Å². The lowest BCUT2D eigenvalue weighted by molar-refractivity contribution is -0.387. The molecule has 2 aromatic rings. The Labute approximate surface area is 151 Å². The first-order chi connectivity index (χ1) is 12.3. The van der Waals surface area contributed by atoms with E-state index >= 15 is 0 Å². The minimum Gasteiger partial charge on any atom is -0.294 e. The molecule has 0 aliphatic heterocycles. The van der Waals surface area contributed by atoms with Gasteiger partial charge in [0.2, 0.25) is 0 Å². The highest BCUT2D eigenvalue weighted by Crippen LogP contribution is 2.36. The molecule has 0 unspecified atom stereocenters. The van der Waals surface area contributed by atoms with Crippen molar-refractivity contribution in [3.8, 4) is 0 Å². The molecular formula is C18H21NO6S. The van der Waals surface area contributed by atoms with E-state index in [1.165, 1.54) is 18.2 Å². The third-order valence-electron chi connectivity index (χ3n) is 4.22. The van der Waals surface area contributed by atoms with Gasteiger partial charge in [-0.15, -0.1) is 0 Å². The molecule has 2 aromatic carbocycles. The maximum atomic E-state index is 12.5. The zero-order chi connectivity index (χ0) is 19.3. The number of fused-ring (bicyclic) bond motifs is 1. The Hall–Kier alpha value is -2.32. The summed E-state index contributed by atoms with van der Waals surface area (Å²) in [7, 11) is -4.89. The Bertz CT molecular complexity index is 936. The number of unbranched alkanes of at least 4 members (excludes halogenated alkanes) is 4. The topological polar surface area (TPSA) is 115 Å². The molecule has 0 fully saturated rings. The number of nitro groups is 1. The third-order valence-corrected chi connectivity index (χ3v) is 5.15. The summed E-state index contributed by atoms with van der Waals surface area (Å²) in [5, 5.41) is 11.9. The van der Waals surface area contributed by atoms with E-state index in [4.69, 9.17) is 0 Å². The van der Waals surface area contributed by atoms with Crippen LogP contribution < -0.4 is 0 Å². The molecule has 0 amide bonds.